The second-order valence-corrected chi connectivity index (χ2v) is 6.58. The number of nitrogens with zero attached hydrogens (tertiary/aromatic N) is 3. The van der Waals surface area contributed by atoms with Gasteiger partial charge in [-0.1, -0.05) is 18.2 Å². The largest absolute Gasteiger partial charge is 0.488 e. The molecule has 25 heavy (non-hydrogen) atoms. The van der Waals surface area contributed by atoms with E-state index in [1.54, 1.807) is 12.4 Å². The molecule has 1 atom stereocenters. The molecule has 0 radical (unpaired) electrons. The fraction of sp³-hybridized carbons (Fsp3) is 0.316. The Hall–Kier alpha value is -2.89. The van der Waals surface area contributed by atoms with Crippen molar-refractivity contribution in [1.82, 2.24) is 20.1 Å². The zero-order valence-electron chi connectivity index (χ0n) is 14.3. The Balaban J connectivity index is 1.43. The van der Waals surface area contributed by atoms with Crippen molar-refractivity contribution < 1.29 is 9.53 Å². The highest BCUT2D eigenvalue weighted by Gasteiger charge is 2.23. The number of hydrogen-bond acceptors (Lipinski definition) is 4. The lowest BCUT2D eigenvalue weighted by molar-refractivity contribution is 0.0933. The Morgan fingerprint density at radius 2 is 2.20 bits per heavy atom. The SMILES string of the molecule is CC(C)n1ncc2cc(C(=O)NC[C@@H]3Cc4ccccc4O3)cnc21. The van der Waals surface area contributed by atoms with E-state index in [0.717, 1.165) is 23.2 Å². The third-order valence-electron chi connectivity index (χ3n) is 4.39. The fourth-order valence-electron chi connectivity index (χ4n) is 3.12. The minimum atomic E-state index is -0.147. The summed E-state index contributed by atoms with van der Waals surface area (Å²) in [5.74, 6) is 0.761. The van der Waals surface area contributed by atoms with Crippen LogP contribution in [-0.2, 0) is 6.42 Å². The zero-order chi connectivity index (χ0) is 17.4. The number of para-hydroxylation sites is 1. The number of carbonyl (C=O) groups excluding carboxylic acids is 1. The first kappa shape index (κ1) is 15.6. The summed E-state index contributed by atoms with van der Waals surface area (Å²) in [7, 11) is 0. The van der Waals surface area contributed by atoms with E-state index in [1.807, 2.05) is 42.8 Å². The average Bonchev–Trinajstić information content (AvgIpc) is 3.22. The minimum absolute atomic E-state index is 0.0262. The molecule has 1 aromatic carbocycles. The molecule has 0 fully saturated rings. The van der Waals surface area contributed by atoms with E-state index in [4.69, 9.17) is 4.74 Å². The average molecular weight is 336 g/mol. The minimum Gasteiger partial charge on any atom is -0.488 e. The first-order valence-corrected chi connectivity index (χ1v) is 8.48. The number of amides is 1. The van der Waals surface area contributed by atoms with Gasteiger partial charge in [-0.15, -0.1) is 0 Å². The normalized spacial score (nSPS) is 16.0. The topological polar surface area (TPSA) is 69.0 Å². The van der Waals surface area contributed by atoms with Crippen LogP contribution in [0.5, 0.6) is 5.75 Å². The lowest BCUT2D eigenvalue weighted by Gasteiger charge is -2.12. The number of nitrogens with one attached hydrogen (secondary N) is 1. The summed E-state index contributed by atoms with van der Waals surface area (Å²) in [5, 5.41) is 8.14. The molecule has 0 saturated heterocycles. The highest BCUT2D eigenvalue weighted by molar-refractivity contribution is 5.96. The van der Waals surface area contributed by atoms with Crippen LogP contribution in [0.15, 0.2) is 42.7 Å². The smallest absolute Gasteiger partial charge is 0.253 e. The molecule has 1 N–H and O–H groups in total. The van der Waals surface area contributed by atoms with Gasteiger partial charge in [0, 0.05) is 24.0 Å². The summed E-state index contributed by atoms with van der Waals surface area (Å²) < 4.78 is 7.70. The van der Waals surface area contributed by atoms with E-state index in [0.29, 0.717) is 12.1 Å². The van der Waals surface area contributed by atoms with Gasteiger partial charge in [0.2, 0.25) is 0 Å². The molecule has 6 nitrogen and oxygen atoms in total. The highest BCUT2D eigenvalue weighted by Crippen LogP contribution is 2.27. The first-order chi connectivity index (χ1) is 12.1. The van der Waals surface area contributed by atoms with Crippen molar-refractivity contribution in [1.29, 1.82) is 0 Å². The molecule has 0 spiro atoms. The van der Waals surface area contributed by atoms with E-state index in [2.05, 4.69) is 21.5 Å². The maximum atomic E-state index is 12.4. The van der Waals surface area contributed by atoms with Gasteiger partial charge >= 0.3 is 0 Å². The lowest BCUT2D eigenvalue weighted by atomic mass is 10.1. The third-order valence-corrected chi connectivity index (χ3v) is 4.39. The van der Waals surface area contributed by atoms with E-state index < -0.39 is 0 Å². The molecule has 3 heterocycles. The van der Waals surface area contributed by atoms with Gasteiger partial charge in [-0.25, -0.2) is 9.67 Å². The molecule has 0 unspecified atom stereocenters. The number of aromatic nitrogens is 3. The van der Waals surface area contributed by atoms with Gasteiger partial charge in [-0.2, -0.15) is 5.10 Å². The Kier molecular flexibility index (Phi) is 3.87. The van der Waals surface area contributed by atoms with Crippen molar-refractivity contribution in [3.63, 3.8) is 0 Å². The van der Waals surface area contributed by atoms with Crippen molar-refractivity contribution >= 4 is 16.9 Å². The van der Waals surface area contributed by atoms with Gasteiger partial charge in [-0.3, -0.25) is 4.79 Å². The quantitative estimate of drug-likeness (QED) is 0.795. The van der Waals surface area contributed by atoms with Crippen LogP contribution in [0.25, 0.3) is 11.0 Å². The van der Waals surface area contributed by atoms with E-state index in [-0.39, 0.29) is 18.1 Å². The molecule has 0 saturated carbocycles. The lowest BCUT2D eigenvalue weighted by Crippen LogP contribution is -2.34. The number of carbonyl (C=O) groups is 1. The molecule has 3 aromatic rings. The van der Waals surface area contributed by atoms with Gasteiger partial charge in [0.15, 0.2) is 5.65 Å². The zero-order valence-corrected chi connectivity index (χ0v) is 14.3. The highest BCUT2D eigenvalue weighted by atomic mass is 16.5. The van der Waals surface area contributed by atoms with Gasteiger partial charge in [-0.05, 0) is 31.5 Å². The Morgan fingerprint density at radius 1 is 1.36 bits per heavy atom. The van der Waals surface area contributed by atoms with Gasteiger partial charge in [0.1, 0.15) is 11.9 Å². The predicted molar refractivity (Wildman–Crippen MR) is 94.8 cm³/mol. The van der Waals surface area contributed by atoms with Gasteiger partial charge in [0.25, 0.3) is 5.91 Å². The molecule has 1 amide bonds. The van der Waals surface area contributed by atoms with Crippen molar-refractivity contribution in [2.45, 2.75) is 32.4 Å². The number of fused-ring (bicyclic) bond motifs is 2. The summed E-state index contributed by atoms with van der Waals surface area (Å²) in [6, 6.07) is 10.0. The number of ether oxygens (including phenoxy) is 1. The second kappa shape index (κ2) is 6.20. The molecular formula is C19H20N4O2. The number of benzene rings is 1. The Morgan fingerprint density at radius 3 is 3.00 bits per heavy atom. The van der Waals surface area contributed by atoms with Crippen LogP contribution in [0.2, 0.25) is 0 Å². The maximum Gasteiger partial charge on any atom is 0.253 e. The van der Waals surface area contributed by atoms with Crippen LogP contribution in [-0.4, -0.2) is 33.3 Å². The van der Waals surface area contributed by atoms with Gasteiger partial charge < -0.3 is 10.1 Å². The molecule has 128 valence electrons. The number of rotatable bonds is 4. The van der Waals surface area contributed by atoms with Crippen LogP contribution < -0.4 is 10.1 Å². The van der Waals surface area contributed by atoms with Crippen molar-refractivity contribution in [3.05, 3.63) is 53.9 Å². The summed E-state index contributed by atoms with van der Waals surface area (Å²) in [5.41, 5.74) is 2.51. The number of pyridine rings is 1. The Labute approximate surface area is 145 Å². The standard InChI is InChI=1S/C19H20N4O2/c1-12(2)23-18-14(10-22-23)7-15(9-20-18)19(24)21-11-16-8-13-5-3-4-6-17(13)25-16/h3-7,9-10,12,16H,8,11H2,1-2H3,(H,21,24)/t16-/m0/s1. The van der Waals surface area contributed by atoms with E-state index in [1.165, 1.54) is 5.56 Å². The van der Waals surface area contributed by atoms with Crippen molar-refractivity contribution in [3.8, 4) is 5.75 Å². The first-order valence-electron chi connectivity index (χ1n) is 8.48. The summed E-state index contributed by atoms with van der Waals surface area (Å²) in [4.78, 5) is 16.8. The monoisotopic (exact) mass is 336 g/mol. The van der Waals surface area contributed by atoms with Crippen LogP contribution in [0.1, 0.15) is 35.8 Å². The molecule has 4 rings (SSSR count). The van der Waals surface area contributed by atoms with Gasteiger partial charge in [0.05, 0.1) is 18.3 Å². The molecule has 1 aliphatic heterocycles. The summed E-state index contributed by atoms with van der Waals surface area (Å²) >= 11 is 0. The molecule has 1 aliphatic rings. The molecule has 6 heteroatoms. The maximum absolute atomic E-state index is 12.4. The Bertz CT molecular complexity index is 907. The number of hydrogen-bond donors (Lipinski definition) is 1. The molecular weight excluding hydrogens is 316 g/mol. The molecule has 0 bridgehead atoms. The van der Waals surface area contributed by atoms with Crippen LogP contribution >= 0.6 is 0 Å². The van der Waals surface area contributed by atoms with Crippen LogP contribution in [0, 0.1) is 0 Å². The van der Waals surface area contributed by atoms with Crippen molar-refractivity contribution in [2.24, 2.45) is 0 Å². The van der Waals surface area contributed by atoms with Crippen LogP contribution in [0.4, 0.5) is 0 Å². The summed E-state index contributed by atoms with van der Waals surface area (Å²) in [6.07, 6.45) is 4.13. The van der Waals surface area contributed by atoms with E-state index in [9.17, 15) is 4.79 Å². The predicted octanol–water partition coefficient (Wildman–Crippen LogP) is 2.75. The van der Waals surface area contributed by atoms with Crippen molar-refractivity contribution in [2.75, 3.05) is 6.54 Å². The molecule has 2 aromatic heterocycles. The summed E-state index contributed by atoms with van der Waals surface area (Å²) in [6.45, 7) is 4.57. The van der Waals surface area contributed by atoms with E-state index >= 15 is 0 Å². The molecule has 0 aliphatic carbocycles. The van der Waals surface area contributed by atoms with Crippen LogP contribution in [0.3, 0.4) is 0 Å². The second-order valence-electron chi connectivity index (χ2n) is 6.58. The fourth-order valence-corrected chi connectivity index (χ4v) is 3.12. The third kappa shape index (κ3) is 2.95.